The second kappa shape index (κ2) is 10.7. The first-order chi connectivity index (χ1) is 10.2. The van der Waals surface area contributed by atoms with Crippen LogP contribution in [0.25, 0.3) is 16.5 Å². The first-order valence-corrected chi connectivity index (χ1v) is 7.22. The van der Waals surface area contributed by atoms with Crippen molar-refractivity contribution in [3.05, 3.63) is 90.3 Å². The van der Waals surface area contributed by atoms with E-state index in [9.17, 15) is 0 Å². The maximum Gasteiger partial charge on any atom is 4.00 e. The van der Waals surface area contributed by atoms with Crippen molar-refractivity contribution in [1.82, 2.24) is 4.57 Å². The van der Waals surface area contributed by atoms with Gasteiger partial charge in [0.1, 0.15) is 0 Å². The van der Waals surface area contributed by atoms with E-state index in [1.54, 1.807) is 0 Å². The van der Waals surface area contributed by atoms with Gasteiger partial charge in [-0.2, -0.15) is 17.2 Å². The number of hydrogen-bond acceptors (Lipinski definition) is 0. The van der Waals surface area contributed by atoms with Gasteiger partial charge in [-0.05, 0) is 17.8 Å². The minimum Gasteiger partial charge on any atom is -1.00 e. The van der Waals surface area contributed by atoms with Crippen LogP contribution in [-0.4, -0.2) is 4.57 Å². The van der Waals surface area contributed by atoms with Gasteiger partial charge in [0.15, 0.2) is 0 Å². The van der Waals surface area contributed by atoms with Gasteiger partial charge >= 0.3 is 26.2 Å². The molecule has 0 saturated heterocycles. The maximum absolute atomic E-state index is 2.20. The summed E-state index contributed by atoms with van der Waals surface area (Å²) in [6, 6.07) is 23.2. The van der Waals surface area contributed by atoms with Crippen molar-refractivity contribution in [2.24, 2.45) is 0 Å². The summed E-state index contributed by atoms with van der Waals surface area (Å²) in [6.45, 7) is 4.24. The molecule has 0 aliphatic carbocycles. The molecule has 4 heteroatoms. The summed E-state index contributed by atoms with van der Waals surface area (Å²) in [6.07, 6.45) is 4.13. The molecule has 1 heterocycles. The van der Waals surface area contributed by atoms with Crippen LogP contribution < -0.4 is 24.8 Å². The van der Waals surface area contributed by atoms with Crippen LogP contribution in [0.4, 0.5) is 0 Å². The van der Waals surface area contributed by atoms with E-state index in [4.69, 9.17) is 0 Å². The summed E-state index contributed by atoms with van der Waals surface area (Å²) in [4.78, 5) is 0. The van der Waals surface area contributed by atoms with E-state index >= 15 is 0 Å². The molecule has 0 aliphatic heterocycles. The van der Waals surface area contributed by atoms with Crippen LogP contribution >= 0.6 is 0 Å². The van der Waals surface area contributed by atoms with Crippen LogP contribution in [0.5, 0.6) is 0 Å². The molecule has 0 radical (unpaired) electrons. The van der Waals surface area contributed by atoms with Crippen LogP contribution in [0.15, 0.2) is 79.1 Å². The van der Waals surface area contributed by atoms with Gasteiger partial charge < -0.3 is 29.4 Å². The van der Waals surface area contributed by atoms with Gasteiger partial charge in [-0.1, -0.05) is 19.9 Å². The Balaban J connectivity index is 0.000000463. The fourth-order valence-electron chi connectivity index (χ4n) is 2.39. The Morgan fingerprint density at radius 1 is 0.917 bits per heavy atom. The molecule has 0 atom stereocenters. The van der Waals surface area contributed by atoms with E-state index in [0.717, 1.165) is 0 Å². The molecule has 0 amide bonds. The average Bonchev–Trinajstić information content (AvgIpc) is 3.21. The molecule has 122 valence electrons. The second-order valence-electron chi connectivity index (χ2n) is 5.32. The molecule has 0 N–H and O–H groups in total. The molecule has 0 fully saturated rings. The molecule has 0 saturated carbocycles. The van der Waals surface area contributed by atoms with Crippen molar-refractivity contribution < 1.29 is 51.0 Å². The molecule has 1 aromatic heterocycles. The quantitative estimate of drug-likeness (QED) is 0.351. The Bertz CT molecular complexity index is 779. The Morgan fingerprint density at radius 3 is 2.08 bits per heavy atom. The molecule has 4 rings (SSSR count). The molecular formula is C20H19Cl2NZr. The zero-order valence-electron chi connectivity index (χ0n) is 13.7. The summed E-state index contributed by atoms with van der Waals surface area (Å²) in [5, 5.41) is 2.60. The van der Waals surface area contributed by atoms with Crippen molar-refractivity contribution in [3.63, 3.8) is 0 Å². The number of fused-ring (bicyclic) bond motifs is 1. The summed E-state index contributed by atoms with van der Waals surface area (Å²) < 4.78 is 2.12. The largest absolute Gasteiger partial charge is 4.00 e. The second-order valence-corrected chi connectivity index (χ2v) is 5.32. The van der Waals surface area contributed by atoms with Crippen LogP contribution in [-0.2, 0) is 26.2 Å². The number of hydrogen-bond donors (Lipinski definition) is 0. The Morgan fingerprint density at radius 2 is 1.58 bits per heavy atom. The predicted octanol–water partition coefficient (Wildman–Crippen LogP) is -0.623. The van der Waals surface area contributed by atoms with E-state index in [0.29, 0.717) is 0 Å². The number of nitrogens with zero attached hydrogens (tertiary/aromatic N) is 1. The Hall–Kier alpha value is -1.08. The molecule has 0 bridgehead atoms. The predicted molar refractivity (Wildman–Crippen MR) is 90.4 cm³/mol. The summed E-state index contributed by atoms with van der Waals surface area (Å²) in [5.74, 6) is 0. The van der Waals surface area contributed by atoms with Crippen molar-refractivity contribution in [2.45, 2.75) is 13.8 Å². The normalized spacial score (nSPS) is 9.08. The summed E-state index contributed by atoms with van der Waals surface area (Å²) >= 11 is 0. The van der Waals surface area contributed by atoms with Crippen LogP contribution in [0.1, 0.15) is 11.1 Å². The van der Waals surface area contributed by atoms with E-state index < -0.39 is 0 Å². The smallest absolute Gasteiger partial charge is 1.00 e. The van der Waals surface area contributed by atoms with Gasteiger partial charge in [-0.25, -0.2) is 12.1 Å². The van der Waals surface area contributed by atoms with Crippen LogP contribution in [0.2, 0.25) is 0 Å². The molecule has 24 heavy (non-hydrogen) atoms. The molecule has 0 aliphatic rings. The van der Waals surface area contributed by atoms with Gasteiger partial charge in [-0.3, -0.25) is 0 Å². The molecule has 4 aromatic rings. The third kappa shape index (κ3) is 5.48. The van der Waals surface area contributed by atoms with Gasteiger partial charge in [0, 0.05) is 12.4 Å². The molecule has 0 unspecified atom stereocenters. The first-order valence-electron chi connectivity index (χ1n) is 7.22. The number of rotatable bonds is 1. The van der Waals surface area contributed by atoms with Crippen molar-refractivity contribution >= 4 is 10.8 Å². The van der Waals surface area contributed by atoms with Gasteiger partial charge in [-0.15, -0.1) is 41.1 Å². The molecule has 3 aromatic carbocycles. The number of aryl methyl sites for hydroxylation is 2. The minimum atomic E-state index is 0. The van der Waals surface area contributed by atoms with Crippen molar-refractivity contribution in [1.29, 1.82) is 0 Å². The molecule has 0 spiro atoms. The van der Waals surface area contributed by atoms with Crippen molar-refractivity contribution in [3.8, 4) is 5.69 Å². The Labute approximate surface area is 175 Å². The van der Waals surface area contributed by atoms with Gasteiger partial charge in [0.25, 0.3) is 0 Å². The summed E-state index contributed by atoms with van der Waals surface area (Å²) in [5.41, 5.74) is 4.01. The van der Waals surface area contributed by atoms with Crippen LogP contribution in [0, 0.1) is 13.8 Å². The fraction of sp³-hybridized carbons (Fsp3) is 0.100. The van der Waals surface area contributed by atoms with Crippen LogP contribution in [0.3, 0.4) is 0 Å². The van der Waals surface area contributed by atoms with Crippen molar-refractivity contribution in [2.75, 3.05) is 0 Å². The zero-order chi connectivity index (χ0) is 14.7. The van der Waals surface area contributed by atoms with Gasteiger partial charge in [0.2, 0.25) is 0 Å². The third-order valence-corrected chi connectivity index (χ3v) is 3.82. The van der Waals surface area contributed by atoms with E-state index in [1.807, 2.05) is 12.1 Å². The molecule has 1 nitrogen and oxygen atoms in total. The first kappa shape index (κ1) is 22.9. The average molecular weight is 436 g/mol. The van der Waals surface area contributed by atoms with E-state index in [2.05, 4.69) is 85.4 Å². The molecular weight excluding hydrogens is 416 g/mol. The standard InChI is InChI=1S/C13H10N.C7H9.2ClH.Zr/c1-2-6-12-10-13(9-11(12)5-1)14-7-3-4-8-14;1-6-4-3-5-7(6)2;;;/h1-10H;3-5H,1-2H3;2*1H;/q2*-1;;;+4/p-2. The van der Waals surface area contributed by atoms with Gasteiger partial charge in [0.05, 0.1) is 0 Å². The van der Waals surface area contributed by atoms with E-state index in [1.165, 1.54) is 27.6 Å². The SMILES string of the molecule is Cc1ccc[c-]1C.[Cl-].[Cl-].[Zr+4].c1ccc2[cH-]c(-n3cccc3)cc2c1. The number of benzene rings is 1. The minimum absolute atomic E-state index is 0. The monoisotopic (exact) mass is 433 g/mol. The topological polar surface area (TPSA) is 4.93 Å². The summed E-state index contributed by atoms with van der Waals surface area (Å²) in [7, 11) is 0. The maximum atomic E-state index is 2.20. The number of halogens is 2. The zero-order valence-corrected chi connectivity index (χ0v) is 17.7. The number of aromatic nitrogens is 1. The fourth-order valence-corrected chi connectivity index (χ4v) is 2.39. The Kier molecular flexibility index (Phi) is 10.2. The van der Waals surface area contributed by atoms with E-state index in [-0.39, 0.29) is 51.0 Å². The third-order valence-electron chi connectivity index (χ3n) is 3.82.